The van der Waals surface area contributed by atoms with Crippen LogP contribution in [-0.2, 0) is 13.8 Å². The van der Waals surface area contributed by atoms with Gasteiger partial charge < -0.3 is 9.47 Å². The molecule has 112 valence electrons. The molecule has 2 aromatic rings. The van der Waals surface area contributed by atoms with Gasteiger partial charge in [-0.25, -0.2) is 8.42 Å². The summed E-state index contributed by atoms with van der Waals surface area (Å²) in [5.41, 5.74) is 0. The summed E-state index contributed by atoms with van der Waals surface area (Å²) in [6, 6.07) is 10.3. The third kappa shape index (κ3) is 3.15. The summed E-state index contributed by atoms with van der Waals surface area (Å²) >= 11 is 0. The van der Waals surface area contributed by atoms with Crippen molar-refractivity contribution >= 4 is 30.5 Å². The number of hydrogen-bond acceptors (Lipinski definition) is 4. The molecule has 3 rings (SSSR count). The molecule has 1 saturated heterocycles. The Bertz CT molecular complexity index is 751. The van der Waals surface area contributed by atoms with Crippen molar-refractivity contribution in [1.82, 2.24) is 0 Å². The number of hydrogen-bond donors (Lipinski definition) is 0. The lowest BCUT2D eigenvalue weighted by atomic mass is 10.1. The third-order valence-electron chi connectivity index (χ3n) is 3.52. The normalized spacial score (nSPS) is 19.6. The Morgan fingerprint density at radius 3 is 2.57 bits per heavy atom. The molecule has 0 amide bonds. The van der Waals surface area contributed by atoms with Gasteiger partial charge in [-0.05, 0) is 25.0 Å². The van der Waals surface area contributed by atoms with Crippen LogP contribution in [0.2, 0.25) is 0 Å². The average molecular weight is 327 g/mol. The van der Waals surface area contributed by atoms with Gasteiger partial charge in [-0.3, -0.25) is 0 Å². The van der Waals surface area contributed by atoms with Crippen molar-refractivity contribution in [3.8, 4) is 5.75 Å². The van der Waals surface area contributed by atoms with Crippen molar-refractivity contribution in [3.05, 3.63) is 36.4 Å². The average Bonchev–Trinajstić information content (AvgIpc) is 2.47. The summed E-state index contributed by atoms with van der Waals surface area (Å²) in [6.07, 6.45) is 1.90. The lowest BCUT2D eigenvalue weighted by Gasteiger charge is -2.24. The van der Waals surface area contributed by atoms with Crippen molar-refractivity contribution in [3.63, 3.8) is 0 Å². The molecule has 4 nitrogen and oxygen atoms in total. The summed E-state index contributed by atoms with van der Waals surface area (Å²) < 4.78 is 34.7. The number of halogens is 1. The van der Waals surface area contributed by atoms with Gasteiger partial charge in [0.1, 0.15) is 11.9 Å². The molecule has 0 spiro atoms. The Labute approximate surface area is 128 Å². The standard InChI is InChI=1S/C15H15ClO4S/c16-21(17,18)15-8-7-14(12-5-1-2-6-13(12)15)20-11-4-3-9-19-10-11/h1-2,5-8,11H,3-4,9-10H2. The minimum absolute atomic E-state index is 0.000569. The molecule has 1 unspecified atom stereocenters. The topological polar surface area (TPSA) is 52.6 Å². The molecule has 21 heavy (non-hydrogen) atoms. The summed E-state index contributed by atoms with van der Waals surface area (Å²) in [5.74, 6) is 0.658. The molecule has 0 radical (unpaired) electrons. The molecule has 0 aliphatic carbocycles. The monoisotopic (exact) mass is 326 g/mol. The van der Waals surface area contributed by atoms with E-state index in [1.807, 2.05) is 12.1 Å². The predicted octanol–water partition coefficient (Wildman–Crippen LogP) is 3.33. The van der Waals surface area contributed by atoms with Crippen LogP contribution in [0.1, 0.15) is 12.8 Å². The SMILES string of the molecule is O=S(=O)(Cl)c1ccc(OC2CCCOC2)c2ccccc12. The van der Waals surface area contributed by atoms with Crippen molar-refractivity contribution < 1.29 is 17.9 Å². The first-order chi connectivity index (χ1) is 10.1. The van der Waals surface area contributed by atoms with Gasteiger partial charge in [-0.15, -0.1) is 0 Å². The molecule has 2 aromatic carbocycles. The van der Waals surface area contributed by atoms with Crippen molar-refractivity contribution in [2.45, 2.75) is 23.8 Å². The van der Waals surface area contributed by atoms with Crippen LogP contribution in [0.5, 0.6) is 5.75 Å². The fourth-order valence-electron chi connectivity index (χ4n) is 2.54. The van der Waals surface area contributed by atoms with Gasteiger partial charge in [0, 0.05) is 28.1 Å². The minimum atomic E-state index is -3.79. The number of fused-ring (bicyclic) bond motifs is 1. The zero-order chi connectivity index (χ0) is 14.9. The molecule has 0 saturated carbocycles. The first-order valence-electron chi connectivity index (χ1n) is 6.76. The van der Waals surface area contributed by atoms with E-state index in [0.717, 1.165) is 24.8 Å². The Kier molecular flexibility index (Phi) is 4.06. The summed E-state index contributed by atoms with van der Waals surface area (Å²) in [5, 5.41) is 1.31. The van der Waals surface area contributed by atoms with Crippen LogP contribution in [0.25, 0.3) is 10.8 Å². The molecule has 0 bridgehead atoms. The molecule has 0 aromatic heterocycles. The van der Waals surface area contributed by atoms with Crippen LogP contribution in [0.3, 0.4) is 0 Å². The number of benzene rings is 2. The first kappa shape index (κ1) is 14.6. The second-order valence-electron chi connectivity index (χ2n) is 5.00. The Balaban J connectivity index is 2.04. The Morgan fingerprint density at radius 2 is 1.90 bits per heavy atom. The maximum absolute atomic E-state index is 11.7. The van der Waals surface area contributed by atoms with Crippen LogP contribution in [0.15, 0.2) is 41.3 Å². The summed E-state index contributed by atoms with van der Waals surface area (Å²) in [6.45, 7) is 1.33. The van der Waals surface area contributed by atoms with Crippen molar-refractivity contribution in [2.75, 3.05) is 13.2 Å². The van der Waals surface area contributed by atoms with E-state index >= 15 is 0 Å². The molecule has 1 aliphatic rings. The predicted molar refractivity (Wildman–Crippen MR) is 81.5 cm³/mol. The Morgan fingerprint density at radius 1 is 1.14 bits per heavy atom. The van der Waals surface area contributed by atoms with Crippen molar-refractivity contribution in [2.24, 2.45) is 0 Å². The highest BCUT2D eigenvalue weighted by Crippen LogP contribution is 2.33. The molecule has 0 N–H and O–H groups in total. The molecular weight excluding hydrogens is 312 g/mol. The van der Waals surface area contributed by atoms with E-state index < -0.39 is 9.05 Å². The minimum Gasteiger partial charge on any atom is -0.487 e. The molecule has 1 aliphatic heterocycles. The zero-order valence-electron chi connectivity index (χ0n) is 11.3. The quantitative estimate of drug-likeness (QED) is 0.812. The second-order valence-corrected chi connectivity index (χ2v) is 7.54. The molecule has 1 atom stereocenters. The van der Waals surface area contributed by atoms with Crippen LogP contribution in [0, 0.1) is 0 Å². The van der Waals surface area contributed by atoms with Gasteiger partial charge in [0.25, 0.3) is 9.05 Å². The molecule has 1 fully saturated rings. The lowest BCUT2D eigenvalue weighted by Crippen LogP contribution is -2.28. The molecule has 1 heterocycles. The van der Waals surface area contributed by atoms with Crippen LogP contribution in [-0.4, -0.2) is 27.7 Å². The fourth-order valence-corrected chi connectivity index (χ4v) is 3.62. The summed E-state index contributed by atoms with van der Waals surface area (Å²) in [7, 11) is 1.71. The van der Waals surface area contributed by atoms with Gasteiger partial charge in [0.05, 0.1) is 11.5 Å². The highest BCUT2D eigenvalue weighted by Gasteiger charge is 2.19. The van der Waals surface area contributed by atoms with Crippen molar-refractivity contribution in [1.29, 1.82) is 0 Å². The highest BCUT2D eigenvalue weighted by molar-refractivity contribution is 8.14. The van der Waals surface area contributed by atoms with E-state index in [4.69, 9.17) is 20.2 Å². The van der Waals surface area contributed by atoms with Gasteiger partial charge >= 0.3 is 0 Å². The Hall–Kier alpha value is -1.30. The van der Waals surface area contributed by atoms with E-state index in [1.54, 1.807) is 18.2 Å². The largest absolute Gasteiger partial charge is 0.487 e. The summed E-state index contributed by atoms with van der Waals surface area (Å²) in [4.78, 5) is 0.104. The van der Waals surface area contributed by atoms with E-state index in [-0.39, 0.29) is 11.0 Å². The van der Waals surface area contributed by atoms with E-state index in [0.29, 0.717) is 17.7 Å². The molecular formula is C15H15ClO4S. The van der Waals surface area contributed by atoms with Crippen LogP contribution in [0.4, 0.5) is 0 Å². The number of ether oxygens (including phenoxy) is 2. The second kappa shape index (κ2) is 5.83. The maximum atomic E-state index is 11.7. The van der Waals surface area contributed by atoms with E-state index in [2.05, 4.69) is 0 Å². The van der Waals surface area contributed by atoms with Gasteiger partial charge in [0.15, 0.2) is 0 Å². The zero-order valence-corrected chi connectivity index (χ0v) is 12.9. The van der Waals surface area contributed by atoms with Gasteiger partial charge in [-0.2, -0.15) is 0 Å². The fraction of sp³-hybridized carbons (Fsp3) is 0.333. The van der Waals surface area contributed by atoms with E-state index in [1.165, 1.54) is 6.07 Å². The highest BCUT2D eigenvalue weighted by atomic mass is 35.7. The van der Waals surface area contributed by atoms with E-state index in [9.17, 15) is 8.42 Å². The number of rotatable bonds is 3. The van der Waals surface area contributed by atoms with Crippen LogP contribution >= 0.6 is 10.7 Å². The van der Waals surface area contributed by atoms with Crippen LogP contribution < -0.4 is 4.74 Å². The first-order valence-corrected chi connectivity index (χ1v) is 9.07. The lowest BCUT2D eigenvalue weighted by molar-refractivity contribution is 0.00807. The maximum Gasteiger partial charge on any atom is 0.261 e. The van der Waals surface area contributed by atoms with Gasteiger partial charge in [-0.1, -0.05) is 24.3 Å². The smallest absolute Gasteiger partial charge is 0.261 e. The molecule has 6 heteroatoms. The van der Waals surface area contributed by atoms with Gasteiger partial charge in [0.2, 0.25) is 0 Å². The third-order valence-corrected chi connectivity index (χ3v) is 4.90.